The van der Waals surface area contributed by atoms with Gasteiger partial charge in [0.25, 0.3) is 11.8 Å². The zero-order valence-electron chi connectivity index (χ0n) is 17.1. The smallest absolute Gasteiger partial charge is 0.257 e. The van der Waals surface area contributed by atoms with Gasteiger partial charge in [0.2, 0.25) is 0 Å². The highest BCUT2D eigenvalue weighted by atomic mass is 32.1. The van der Waals surface area contributed by atoms with Gasteiger partial charge in [-0.05, 0) is 48.7 Å². The molecule has 3 aromatic rings. The van der Waals surface area contributed by atoms with Crippen LogP contribution >= 0.6 is 11.3 Å². The van der Waals surface area contributed by atoms with E-state index in [1.807, 2.05) is 24.3 Å². The molecule has 1 atom stereocenters. The first-order valence-corrected chi connectivity index (χ1v) is 10.8. The Morgan fingerprint density at radius 1 is 1.19 bits per heavy atom. The van der Waals surface area contributed by atoms with Gasteiger partial charge in [0.1, 0.15) is 11.9 Å². The second-order valence-corrected chi connectivity index (χ2v) is 8.30. The lowest BCUT2D eigenvalue weighted by Gasteiger charge is -2.11. The molecule has 4 rings (SSSR count). The Kier molecular flexibility index (Phi) is 6.59. The van der Waals surface area contributed by atoms with Crippen LogP contribution in [0.3, 0.4) is 0 Å². The summed E-state index contributed by atoms with van der Waals surface area (Å²) in [6, 6.07) is 14.7. The van der Waals surface area contributed by atoms with Crippen LogP contribution in [-0.2, 0) is 16.0 Å². The summed E-state index contributed by atoms with van der Waals surface area (Å²) < 4.78 is 10.7. The van der Waals surface area contributed by atoms with E-state index in [0.29, 0.717) is 35.8 Å². The summed E-state index contributed by atoms with van der Waals surface area (Å²) >= 11 is 1.43. The molecule has 1 aromatic heterocycles. The van der Waals surface area contributed by atoms with E-state index in [0.717, 1.165) is 22.6 Å². The van der Waals surface area contributed by atoms with Crippen molar-refractivity contribution < 1.29 is 19.1 Å². The molecule has 160 valence electrons. The molecule has 7 nitrogen and oxygen atoms in total. The minimum Gasteiger partial charge on any atom is -0.497 e. The fourth-order valence-corrected chi connectivity index (χ4v) is 4.19. The summed E-state index contributed by atoms with van der Waals surface area (Å²) in [4.78, 5) is 30.2. The van der Waals surface area contributed by atoms with Crippen molar-refractivity contribution in [1.82, 2.24) is 4.98 Å². The van der Waals surface area contributed by atoms with E-state index in [1.54, 1.807) is 37.6 Å². The minimum atomic E-state index is -0.421. The van der Waals surface area contributed by atoms with Crippen molar-refractivity contribution in [2.24, 2.45) is 0 Å². The maximum atomic E-state index is 12.7. The minimum absolute atomic E-state index is 0.183. The number of benzene rings is 2. The van der Waals surface area contributed by atoms with Crippen molar-refractivity contribution in [3.63, 3.8) is 0 Å². The first kappa shape index (κ1) is 21.0. The van der Waals surface area contributed by atoms with Crippen LogP contribution in [0.1, 0.15) is 33.6 Å². The van der Waals surface area contributed by atoms with Crippen LogP contribution in [0.4, 0.5) is 10.8 Å². The normalized spacial score (nSPS) is 15.5. The molecule has 0 aliphatic carbocycles. The monoisotopic (exact) mass is 437 g/mol. The second-order valence-electron chi connectivity index (χ2n) is 7.19. The molecule has 1 aliphatic rings. The number of rotatable bonds is 7. The molecular weight excluding hydrogens is 414 g/mol. The number of nitrogens with one attached hydrogen (secondary N) is 2. The largest absolute Gasteiger partial charge is 0.497 e. The maximum absolute atomic E-state index is 12.7. The Bertz CT molecular complexity index is 1080. The molecular formula is C23H23N3O4S. The number of ether oxygens (including phenoxy) is 2. The van der Waals surface area contributed by atoms with Crippen LogP contribution in [0.25, 0.3) is 0 Å². The summed E-state index contributed by atoms with van der Waals surface area (Å²) in [7, 11) is 1.64. The summed E-state index contributed by atoms with van der Waals surface area (Å²) in [6.45, 7) is 0.605. The molecule has 0 radical (unpaired) electrons. The van der Waals surface area contributed by atoms with Crippen molar-refractivity contribution in [1.29, 1.82) is 0 Å². The number of amides is 2. The predicted molar refractivity (Wildman–Crippen MR) is 120 cm³/mol. The van der Waals surface area contributed by atoms with Gasteiger partial charge in [-0.3, -0.25) is 14.9 Å². The molecule has 0 spiro atoms. The summed E-state index contributed by atoms with van der Waals surface area (Å²) in [5.74, 6) is 0.342. The third-order valence-corrected chi connectivity index (χ3v) is 5.81. The topological polar surface area (TPSA) is 89.5 Å². The average molecular weight is 438 g/mol. The number of hydrogen-bond acceptors (Lipinski definition) is 6. The highest BCUT2D eigenvalue weighted by Crippen LogP contribution is 2.24. The van der Waals surface area contributed by atoms with E-state index in [4.69, 9.17) is 9.47 Å². The Labute approximate surface area is 184 Å². The molecule has 1 saturated heterocycles. The number of carbonyl (C=O) groups excluding carboxylic acids is 2. The van der Waals surface area contributed by atoms with Gasteiger partial charge in [0.15, 0.2) is 5.13 Å². The molecule has 0 saturated carbocycles. The first-order valence-electron chi connectivity index (χ1n) is 10.0. The zero-order chi connectivity index (χ0) is 21.6. The summed E-state index contributed by atoms with van der Waals surface area (Å²) in [5.41, 5.74) is 2.11. The fraction of sp³-hybridized carbons (Fsp3) is 0.261. The molecule has 2 N–H and O–H groups in total. The number of nitrogens with zero attached hydrogens (tertiary/aromatic N) is 1. The van der Waals surface area contributed by atoms with Crippen LogP contribution in [0.5, 0.6) is 5.75 Å². The van der Waals surface area contributed by atoms with Crippen molar-refractivity contribution in [3.8, 4) is 5.75 Å². The van der Waals surface area contributed by atoms with E-state index in [1.165, 1.54) is 11.3 Å². The van der Waals surface area contributed by atoms with Gasteiger partial charge in [-0.25, -0.2) is 4.98 Å². The first-order chi connectivity index (χ1) is 15.1. The molecule has 2 heterocycles. The highest BCUT2D eigenvalue weighted by molar-refractivity contribution is 7.15. The van der Waals surface area contributed by atoms with Gasteiger partial charge in [0, 0.05) is 35.4 Å². The van der Waals surface area contributed by atoms with E-state index < -0.39 is 6.10 Å². The van der Waals surface area contributed by atoms with Crippen LogP contribution in [0.2, 0.25) is 0 Å². The second kappa shape index (κ2) is 9.72. The van der Waals surface area contributed by atoms with E-state index in [-0.39, 0.29) is 11.8 Å². The van der Waals surface area contributed by atoms with Gasteiger partial charge in [-0.15, -0.1) is 11.3 Å². The Balaban J connectivity index is 1.37. The Morgan fingerprint density at radius 2 is 2.06 bits per heavy atom. The highest BCUT2D eigenvalue weighted by Gasteiger charge is 2.23. The molecule has 1 aliphatic heterocycles. The lowest BCUT2D eigenvalue weighted by molar-refractivity contribution is -0.124. The number of anilines is 2. The zero-order valence-corrected chi connectivity index (χ0v) is 17.9. The fourth-order valence-electron chi connectivity index (χ4n) is 3.35. The third-order valence-electron chi connectivity index (χ3n) is 4.90. The number of hydrogen-bond donors (Lipinski definition) is 2. The Hall–Kier alpha value is -3.23. The molecule has 0 bridgehead atoms. The number of thiazole rings is 1. The van der Waals surface area contributed by atoms with E-state index in [2.05, 4.69) is 15.6 Å². The number of methoxy groups -OCH3 is 1. The summed E-state index contributed by atoms with van der Waals surface area (Å²) in [6.07, 6.45) is 3.64. The average Bonchev–Trinajstić information content (AvgIpc) is 3.47. The maximum Gasteiger partial charge on any atom is 0.257 e. The molecule has 1 unspecified atom stereocenters. The number of aromatic nitrogens is 1. The van der Waals surface area contributed by atoms with Gasteiger partial charge in [-0.2, -0.15) is 0 Å². The third kappa shape index (κ3) is 5.48. The quantitative estimate of drug-likeness (QED) is 0.581. The van der Waals surface area contributed by atoms with Crippen LogP contribution in [0.15, 0.2) is 54.7 Å². The van der Waals surface area contributed by atoms with Crippen LogP contribution < -0.4 is 15.4 Å². The molecule has 1 fully saturated rings. The molecule has 8 heteroatoms. The molecule has 2 aromatic carbocycles. The lowest BCUT2D eigenvalue weighted by Crippen LogP contribution is -2.27. The molecule has 31 heavy (non-hydrogen) atoms. The van der Waals surface area contributed by atoms with Crippen molar-refractivity contribution in [2.75, 3.05) is 24.4 Å². The van der Waals surface area contributed by atoms with E-state index >= 15 is 0 Å². The lowest BCUT2D eigenvalue weighted by atomic mass is 10.1. The SMILES string of the molecule is COc1cccc(Cc2cnc(NC(=O)c3cccc(NC(=O)C4CCCO4)c3)s2)c1. The van der Waals surface area contributed by atoms with Gasteiger partial charge < -0.3 is 14.8 Å². The molecule has 2 amide bonds. The van der Waals surface area contributed by atoms with Crippen LogP contribution in [-0.4, -0.2) is 36.6 Å². The van der Waals surface area contributed by atoms with Gasteiger partial charge >= 0.3 is 0 Å². The van der Waals surface area contributed by atoms with Gasteiger partial charge in [-0.1, -0.05) is 18.2 Å². The number of carbonyl (C=O) groups is 2. The van der Waals surface area contributed by atoms with E-state index in [9.17, 15) is 9.59 Å². The predicted octanol–water partition coefficient (Wildman–Crippen LogP) is 4.11. The van der Waals surface area contributed by atoms with Crippen molar-refractivity contribution >= 4 is 34.0 Å². The van der Waals surface area contributed by atoms with Crippen molar-refractivity contribution in [3.05, 3.63) is 70.7 Å². The summed E-state index contributed by atoms with van der Waals surface area (Å²) in [5, 5.41) is 6.17. The van der Waals surface area contributed by atoms with Crippen molar-refractivity contribution in [2.45, 2.75) is 25.4 Å². The Morgan fingerprint density at radius 3 is 2.87 bits per heavy atom. The van der Waals surface area contributed by atoms with Crippen LogP contribution in [0, 0.1) is 0 Å². The standard InChI is InChI=1S/C23H23N3O4S/c1-29-18-8-2-5-15(11-18)12-19-14-24-23(31-19)26-21(27)16-6-3-7-17(13-16)25-22(28)20-9-4-10-30-20/h2-3,5-8,11,13-14,20H,4,9-10,12H2,1H3,(H,25,28)(H,24,26,27). The van der Waals surface area contributed by atoms with Gasteiger partial charge in [0.05, 0.1) is 7.11 Å².